The normalized spacial score (nSPS) is 15.7. The van der Waals surface area contributed by atoms with E-state index in [0.717, 1.165) is 0 Å². The van der Waals surface area contributed by atoms with Crippen molar-refractivity contribution in [2.24, 2.45) is 5.50 Å². The van der Waals surface area contributed by atoms with E-state index in [4.69, 9.17) is 43.4 Å². The predicted molar refractivity (Wildman–Crippen MR) is 63.6 cm³/mol. The van der Waals surface area contributed by atoms with Gasteiger partial charge in [-0.3, -0.25) is 4.57 Å². The maximum atomic E-state index is 11.9. The molecule has 4 N–H and O–H groups in total. The predicted octanol–water partition coefficient (Wildman–Crippen LogP) is 0.550. The number of aliphatic hydroxyl groups is 2. The van der Waals surface area contributed by atoms with Gasteiger partial charge in [-0.25, -0.2) is 10.2 Å². The van der Waals surface area contributed by atoms with Crippen molar-refractivity contribution in [1.82, 2.24) is 4.67 Å². The summed E-state index contributed by atoms with van der Waals surface area (Å²) in [6.45, 7) is 0.486. The quantitative estimate of drug-likeness (QED) is 0.326. The minimum Gasteiger partial charge on any atom is -0.368 e. The van der Waals surface area contributed by atoms with Gasteiger partial charge in [0, 0.05) is 31.3 Å². The molecule has 0 bridgehead atoms. The summed E-state index contributed by atoms with van der Waals surface area (Å²) in [4.78, 5) is 0. The van der Waals surface area contributed by atoms with E-state index in [1.54, 1.807) is 0 Å². The standard InChI is InChI=1S/C7H17Cl2N2O4P/c8-2-4-11(5-3-9)16(10,14)15-6-1-7(12)13/h7,12-13H,1-6H2,(H2,10,14). The van der Waals surface area contributed by atoms with Gasteiger partial charge in [0.25, 0.3) is 0 Å². The number of nitrogens with zero attached hydrogens (tertiary/aromatic N) is 1. The maximum Gasteiger partial charge on any atom is 0.340 e. The first-order chi connectivity index (χ1) is 7.44. The summed E-state index contributed by atoms with van der Waals surface area (Å²) in [6.07, 6.45) is -1.56. The number of aliphatic hydroxyl groups excluding tert-OH is 1. The van der Waals surface area contributed by atoms with E-state index >= 15 is 0 Å². The molecule has 0 radical (unpaired) electrons. The van der Waals surface area contributed by atoms with Crippen molar-refractivity contribution in [2.75, 3.05) is 31.5 Å². The Hall–Kier alpha value is 0.610. The summed E-state index contributed by atoms with van der Waals surface area (Å²) < 4.78 is 18.2. The van der Waals surface area contributed by atoms with Crippen LogP contribution in [0.3, 0.4) is 0 Å². The fraction of sp³-hybridized carbons (Fsp3) is 1.00. The molecule has 0 fully saturated rings. The molecule has 0 aromatic rings. The molecular formula is C7H17Cl2N2O4P. The zero-order chi connectivity index (χ0) is 12.6. The Balaban J connectivity index is 4.18. The molecule has 0 aliphatic carbocycles. The van der Waals surface area contributed by atoms with Gasteiger partial charge >= 0.3 is 7.67 Å². The molecular weight excluding hydrogens is 278 g/mol. The minimum atomic E-state index is -3.45. The van der Waals surface area contributed by atoms with Crippen LogP contribution in [-0.2, 0) is 9.09 Å². The highest BCUT2D eigenvalue weighted by Crippen LogP contribution is 2.42. The van der Waals surface area contributed by atoms with Crippen LogP contribution >= 0.6 is 30.9 Å². The van der Waals surface area contributed by atoms with Crippen LogP contribution < -0.4 is 5.50 Å². The van der Waals surface area contributed by atoms with E-state index < -0.39 is 14.0 Å². The summed E-state index contributed by atoms with van der Waals surface area (Å²) in [5.41, 5.74) is 5.50. The van der Waals surface area contributed by atoms with E-state index in [1.165, 1.54) is 4.67 Å². The number of halogens is 2. The Morgan fingerprint density at radius 3 is 2.19 bits per heavy atom. The first-order valence-electron chi connectivity index (χ1n) is 4.70. The highest BCUT2D eigenvalue weighted by atomic mass is 35.5. The highest BCUT2D eigenvalue weighted by Gasteiger charge is 2.26. The number of alkyl halides is 2. The smallest absolute Gasteiger partial charge is 0.340 e. The average Bonchev–Trinajstić information content (AvgIpc) is 2.16. The number of hydrogen-bond donors (Lipinski definition) is 3. The van der Waals surface area contributed by atoms with Crippen LogP contribution in [0, 0.1) is 0 Å². The first-order valence-corrected chi connectivity index (χ1v) is 7.42. The molecule has 0 aromatic heterocycles. The Kier molecular flexibility index (Phi) is 8.99. The van der Waals surface area contributed by atoms with Crippen molar-refractivity contribution >= 4 is 30.9 Å². The molecule has 9 heteroatoms. The lowest BCUT2D eigenvalue weighted by Crippen LogP contribution is -2.30. The molecule has 0 saturated carbocycles. The lowest BCUT2D eigenvalue weighted by molar-refractivity contribution is -0.0521. The van der Waals surface area contributed by atoms with E-state index in [0.29, 0.717) is 13.1 Å². The third kappa shape index (κ3) is 7.04. The zero-order valence-corrected chi connectivity index (χ0v) is 11.2. The molecule has 0 saturated heterocycles. The van der Waals surface area contributed by atoms with Crippen molar-refractivity contribution in [3.63, 3.8) is 0 Å². The topological polar surface area (TPSA) is 96.0 Å². The lowest BCUT2D eigenvalue weighted by atomic mass is 10.5. The van der Waals surface area contributed by atoms with Crippen LogP contribution in [0.25, 0.3) is 0 Å². The van der Waals surface area contributed by atoms with Crippen LogP contribution in [0.1, 0.15) is 6.42 Å². The summed E-state index contributed by atoms with van der Waals surface area (Å²) in [5, 5.41) is 17.2. The van der Waals surface area contributed by atoms with Crippen LogP contribution in [0.4, 0.5) is 0 Å². The molecule has 1 atom stereocenters. The molecule has 0 rings (SSSR count). The van der Waals surface area contributed by atoms with E-state index in [1.807, 2.05) is 0 Å². The van der Waals surface area contributed by atoms with E-state index in [9.17, 15) is 4.57 Å². The van der Waals surface area contributed by atoms with Crippen LogP contribution in [0.5, 0.6) is 0 Å². The Morgan fingerprint density at radius 1 is 1.31 bits per heavy atom. The highest BCUT2D eigenvalue weighted by molar-refractivity contribution is 7.53. The Labute approximate surface area is 105 Å². The summed E-state index contributed by atoms with van der Waals surface area (Å²) in [7, 11) is -3.45. The molecule has 6 nitrogen and oxygen atoms in total. The maximum absolute atomic E-state index is 11.9. The molecule has 0 amide bonds. The number of nitrogens with two attached hydrogens (primary N) is 1. The third-order valence-corrected chi connectivity index (χ3v) is 3.81. The van der Waals surface area contributed by atoms with E-state index in [-0.39, 0.29) is 24.8 Å². The van der Waals surface area contributed by atoms with Gasteiger partial charge in [0.15, 0.2) is 6.29 Å². The van der Waals surface area contributed by atoms with Crippen LogP contribution in [0.2, 0.25) is 0 Å². The monoisotopic (exact) mass is 294 g/mol. The Morgan fingerprint density at radius 2 is 1.81 bits per heavy atom. The van der Waals surface area contributed by atoms with Crippen molar-refractivity contribution in [3.05, 3.63) is 0 Å². The average molecular weight is 295 g/mol. The second kappa shape index (κ2) is 8.66. The summed E-state index contributed by atoms with van der Waals surface area (Å²) >= 11 is 11.1. The molecule has 0 aliphatic rings. The molecule has 1 unspecified atom stereocenters. The van der Waals surface area contributed by atoms with Gasteiger partial charge in [-0.05, 0) is 0 Å². The first kappa shape index (κ1) is 16.6. The zero-order valence-electron chi connectivity index (χ0n) is 8.76. The van der Waals surface area contributed by atoms with Gasteiger partial charge in [0.2, 0.25) is 0 Å². The largest absolute Gasteiger partial charge is 0.368 e. The van der Waals surface area contributed by atoms with Crippen LogP contribution in [-0.4, -0.2) is 52.6 Å². The molecule has 0 spiro atoms. The van der Waals surface area contributed by atoms with Gasteiger partial charge < -0.3 is 14.7 Å². The van der Waals surface area contributed by atoms with E-state index in [2.05, 4.69) is 0 Å². The van der Waals surface area contributed by atoms with Crippen molar-refractivity contribution in [1.29, 1.82) is 0 Å². The summed E-state index contributed by atoms with van der Waals surface area (Å²) in [5.74, 6) is 0.508. The molecule has 0 aliphatic heterocycles. The fourth-order valence-corrected chi connectivity index (χ4v) is 2.89. The fourth-order valence-electron chi connectivity index (χ4n) is 0.956. The SMILES string of the molecule is NP(=O)(OCCC(O)O)N(CCCl)CCCl. The number of hydrogen-bond acceptors (Lipinski definition) is 4. The number of rotatable bonds is 9. The van der Waals surface area contributed by atoms with Crippen LogP contribution in [0.15, 0.2) is 0 Å². The van der Waals surface area contributed by atoms with Crippen molar-refractivity contribution in [3.8, 4) is 0 Å². The second-order valence-corrected chi connectivity index (χ2v) is 5.71. The minimum absolute atomic E-state index is 0.0588. The molecule has 0 heterocycles. The van der Waals surface area contributed by atoms with Crippen molar-refractivity contribution in [2.45, 2.75) is 12.7 Å². The molecule has 16 heavy (non-hydrogen) atoms. The second-order valence-electron chi connectivity index (χ2n) is 3.00. The lowest BCUT2D eigenvalue weighted by Gasteiger charge is -2.26. The van der Waals surface area contributed by atoms with Gasteiger partial charge in [-0.15, -0.1) is 23.2 Å². The summed E-state index contributed by atoms with van der Waals surface area (Å²) in [6, 6.07) is 0. The molecule has 98 valence electrons. The van der Waals surface area contributed by atoms with Crippen molar-refractivity contribution < 1.29 is 19.3 Å². The van der Waals surface area contributed by atoms with Gasteiger partial charge in [0.05, 0.1) is 6.61 Å². The third-order valence-electron chi connectivity index (χ3n) is 1.73. The Bertz CT molecular complexity index is 226. The van der Waals surface area contributed by atoms with Gasteiger partial charge in [-0.2, -0.15) is 0 Å². The van der Waals surface area contributed by atoms with Gasteiger partial charge in [-0.1, -0.05) is 0 Å². The molecule has 0 aromatic carbocycles. The van der Waals surface area contributed by atoms with Gasteiger partial charge in [0.1, 0.15) is 0 Å².